The van der Waals surface area contributed by atoms with Crippen LogP contribution in [0.4, 0.5) is 0 Å². The van der Waals surface area contributed by atoms with Crippen LogP contribution in [-0.2, 0) is 4.74 Å². The molecule has 6 nitrogen and oxygen atoms in total. The van der Waals surface area contributed by atoms with Crippen LogP contribution in [0, 0.1) is 0 Å². The highest BCUT2D eigenvalue weighted by Gasteiger charge is 2.49. The number of ether oxygens (including phenoxy) is 1. The summed E-state index contributed by atoms with van der Waals surface area (Å²) in [6.07, 6.45) is -4.19. The van der Waals surface area contributed by atoms with Gasteiger partial charge in [-0.05, 0) is 0 Å². The van der Waals surface area contributed by atoms with Gasteiger partial charge in [0.05, 0.1) is 18.8 Å². The first-order chi connectivity index (χ1) is 6.65. The van der Waals surface area contributed by atoms with E-state index in [1.54, 1.807) is 0 Å². The monoisotopic (exact) mass is 205 g/mol. The maximum Gasteiger partial charge on any atom is 0.110 e. The van der Waals surface area contributed by atoms with Gasteiger partial charge in [0.2, 0.25) is 0 Å². The van der Waals surface area contributed by atoms with Gasteiger partial charge in [-0.15, -0.1) is 0 Å². The van der Waals surface area contributed by atoms with Crippen molar-refractivity contribution < 1.29 is 25.2 Å². The summed E-state index contributed by atoms with van der Waals surface area (Å²) in [4.78, 5) is 0. The molecule has 2 heterocycles. The predicted octanol–water partition coefficient (Wildman–Crippen LogP) is -3.20. The quantitative estimate of drug-likeness (QED) is 0.309. The molecule has 2 aliphatic rings. The third kappa shape index (κ3) is 1.44. The maximum atomic E-state index is 9.65. The molecule has 0 aliphatic carbocycles. The zero-order valence-electron chi connectivity index (χ0n) is 7.58. The molecule has 0 aromatic heterocycles. The van der Waals surface area contributed by atoms with Crippen molar-refractivity contribution in [2.75, 3.05) is 13.2 Å². The highest BCUT2D eigenvalue weighted by atomic mass is 16.5. The Bertz CT molecular complexity index is 214. The molecule has 0 aromatic rings. The summed E-state index contributed by atoms with van der Waals surface area (Å²) in [5, 5.41) is 40.4. The summed E-state index contributed by atoms with van der Waals surface area (Å²) in [6, 6.07) is -0.456. The smallest absolute Gasteiger partial charge is 0.110 e. The largest absolute Gasteiger partial charge is 0.394 e. The minimum atomic E-state index is -1.11. The van der Waals surface area contributed by atoms with E-state index in [2.05, 4.69) is 5.32 Å². The Morgan fingerprint density at radius 2 is 1.93 bits per heavy atom. The van der Waals surface area contributed by atoms with Crippen LogP contribution in [0.2, 0.25) is 0 Å². The normalized spacial score (nSPS) is 53.1. The molecule has 0 spiro atoms. The number of β-amino-alcohol motifs (C(OH)–C–C–N with tert-alkyl or cyclic N) is 1. The van der Waals surface area contributed by atoms with Gasteiger partial charge < -0.3 is 30.5 Å². The highest BCUT2D eigenvalue weighted by molar-refractivity contribution is 5.03. The minimum absolute atomic E-state index is 0.331. The molecule has 0 radical (unpaired) electrons. The van der Waals surface area contributed by atoms with E-state index in [9.17, 15) is 15.3 Å². The third-order valence-electron chi connectivity index (χ3n) is 2.91. The maximum absolute atomic E-state index is 9.65. The summed E-state index contributed by atoms with van der Waals surface area (Å²) in [7, 11) is 0. The van der Waals surface area contributed by atoms with Gasteiger partial charge in [-0.1, -0.05) is 0 Å². The van der Waals surface area contributed by atoms with E-state index < -0.39 is 36.6 Å². The van der Waals surface area contributed by atoms with Crippen molar-refractivity contribution in [1.82, 2.24) is 5.32 Å². The number of hydrogen-bond acceptors (Lipinski definition) is 6. The molecule has 6 heteroatoms. The number of nitrogens with one attached hydrogen (secondary N) is 1. The van der Waals surface area contributed by atoms with E-state index in [-0.39, 0.29) is 6.61 Å². The van der Waals surface area contributed by atoms with Gasteiger partial charge in [0.15, 0.2) is 0 Å². The van der Waals surface area contributed by atoms with Crippen LogP contribution in [0.25, 0.3) is 0 Å². The van der Waals surface area contributed by atoms with E-state index in [4.69, 9.17) is 9.84 Å². The Kier molecular flexibility index (Phi) is 2.74. The first-order valence-electron chi connectivity index (χ1n) is 4.69. The zero-order chi connectivity index (χ0) is 10.3. The van der Waals surface area contributed by atoms with Crippen molar-refractivity contribution in [3.05, 3.63) is 0 Å². The zero-order valence-corrected chi connectivity index (χ0v) is 7.58. The van der Waals surface area contributed by atoms with Crippen LogP contribution in [-0.4, -0.2) is 70.1 Å². The lowest BCUT2D eigenvalue weighted by Crippen LogP contribution is -2.61. The average molecular weight is 205 g/mol. The molecule has 82 valence electrons. The van der Waals surface area contributed by atoms with Crippen molar-refractivity contribution in [2.24, 2.45) is 0 Å². The van der Waals surface area contributed by atoms with E-state index in [0.717, 1.165) is 0 Å². The Hall–Kier alpha value is -0.240. The van der Waals surface area contributed by atoms with Crippen LogP contribution in [0.3, 0.4) is 0 Å². The number of aliphatic hydroxyl groups is 4. The van der Waals surface area contributed by atoms with Gasteiger partial charge in [0.25, 0.3) is 0 Å². The van der Waals surface area contributed by atoms with Crippen molar-refractivity contribution in [3.8, 4) is 0 Å². The van der Waals surface area contributed by atoms with Crippen molar-refractivity contribution in [3.63, 3.8) is 0 Å². The Balaban J connectivity index is 2.12. The summed E-state index contributed by atoms with van der Waals surface area (Å²) in [5.74, 6) is 0. The van der Waals surface area contributed by atoms with Gasteiger partial charge in [-0.25, -0.2) is 0 Å². The van der Waals surface area contributed by atoms with Crippen molar-refractivity contribution in [2.45, 2.75) is 36.6 Å². The molecule has 14 heavy (non-hydrogen) atoms. The van der Waals surface area contributed by atoms with Gasteiger partial charge in [-0.3, -0.25) is 0 Å². The topological polar surface area (TPSA) is 102 Å². The van der Waals surface area contributed by atoms with E-state index >= 15 is 0 Å². The Morgan fingerprint density at radius 1 is 1.21 bits per heavy atom. The SMILES string of the molecule is OC[C@H]1O[C@@H]2[C@@H](NC[C@@H]2O)[C@@H](O)[C@@H]1O. The standard InChI is InChI=1S/C8H15NO5/c10-2-4-6(12)7(13)5-8(14-4)3(11)1-9-5/h3-13H,1-2H2/t3-,4+,5-,6+,7+,8-/m0/s1. The summed E-state index contributed by atoms with van der Waals surface area (Å²) >= 11 is 0. The highest BCUT2D eigenvalue weighted by Crippen LogP contribution is 2.26. The number of aliphatic hydroxyl groups excluding tert-OH is 4. The lowest BCUT2D eigenvalue weighted by Gasteiger charge is -2.39. The molecule has 2 aliphatic heterocycles. The summed E-state index contributed by atoms with van der Waals surface area (Å²) in [6.45, 7) is -0.0363. The number of rotatable bonds is 1. The third-order valence-corrected chi connectivity index (χ3v) is 2.91. The summed E-state index contributed by atoms with van der Waals surface area (Å²) < 4.78 is 5.28. The molecule has 0 unspecified atom stereocenters. The van der Waals surface area contributed by atoms with Crippen LogP contribution < -0.4 is 5.32 Å². The van der Waals surface area contributed by atoms with Crippen molar-refractivity contribution >= 4 is 0 Å². The van der Waals surface area contributed by atoms with Gasteiger partial charge >= 0.3 is 0 Å². The van der Waals surface area contributed by atoms with Crippen LogP contribution in [0.5, 0.6) is 0 Å². The van der Waals surface area contributed by atoms with E-state index in [1.807, 2.05) is 0 Å². The second-order valence-corrected chi connectivity index (χ2v) is 3.80. The fraction of sp³-hybridized carbons (Fsp3) is 1.00. The Labute approximate surface area is 81.1 Å². The van der Waals surface area contributed by atoms with E-state index in [0.29, 0.717) is 6.54 Å². The molecule has 0 bridgehead atoms. The molecule has 5 N–H and O–H groups in total. The van der Waals surface area contributed by atoms with Gasteiger partial charge in [0, 0.05) is 6.54 Å². The van der Waals surface area contributed by atoms with E-state index in [1.165, 1.54) is 0 Å². The lowest BCUT2D eigenvalue weighted by molar-refractivity contribution is -0.199. The second-order valence-electron chi connectivity index (χ2n) is 3.80. The summed E-state index contributed by atoms with van der Waals surface area (Å²) in [5.41, 5.74) is 0. The molecule has 2 saturated heterocycles. The molecule has 0 aromatic carbocycles. The molecule has 2 fully saturated rings. The molecule has 2 rings (SSSR count). The number of fused-ring (bicyclic) bond motifs is 1. The van der Waals surface area contributed by atoms with Crippen LogP contribution in [0.1, 0.15) is 0 Å². The number of hydrogen-bond donors (Lipinski definition) is 5. The van der Waals surface area contributed by atoms with Crippen molar-refractivity contribution in [1.29, 1.82) is 0 Å². The average Bonchev–Trinajstić information content (AvgIpc) is 2.54. The lowest BCUT2D eigenvalue weighted by atomic mass is 9.93. The first-order valence-corrected chi connectivity index (χ1v) is 4.69. The molecule has 0 amide bonds. The van der Waals surface area contributed by atoms with Crippen LogP contribution in [0.15, 0.2) is 0 Å². The molecular formula is C8H15NO5. The van der Waals surface area contributed by atoms with Gasteiger partial charge in [0.1, 0.15) is 24.4 Å². The molecule has 0 saturated carbocycles. The minimum Gasteiger partial charge on any atom is -0.394 e. The fourth-order valence-electron chi connectivity index (χ4n) is 2.08. The van der Waals surface area contributed by atoms with Crippen LogP contribution >= 0.6 is 0 Å². The first kappa shape index (κ1) is 10.3. The predicted molar refractivity (Wildman–Crippen MR) is 45.6 cm³/mol. The molecular weight excluding hydrogens is 190 g/mol. The Morgan fingerprint density at radius 3 is 2.57 bits per heavy atom. The second kappa shape index (κ2) is 3.73. The van der Waals surface area contributed by atoms with Gasteiger partial charge in [-0.2, -0.15) is 0 Å². The molecule has 6 atom stereocenters. The fourth-order valence-corrected chi connectivity index (χ4v) is 2.08.